The number of ketones is 1. The van der Waals surface area contributed by atoms with Crippen LogP contribution in [0.25, 0.3) is 16.6 Å². The Bertz CT molecular complexity index is 1410. The summed E-state index contributed by atoms with van der Waals surface area (Å²) in [7, 11) is 0. The molecule has 8 nitrogen and oxygen atoms in total. The predicted molar refractivity (Wildman–Crippen MR) is 127 cm³/mol. The van der Waals surface area contributed by atoms with Crippen molar-refractivity contribution in [3.05, 3.63) is 81.9 Å². The van der Waals surface area contributed by atoms with Gasteiger partial charge in [0.1, 0.15) is 12.1 Å². The smallest absolute Gasteiger partial charge is 0.293 e. The second-order valence-electron chi connectivity index (χ2n) is 8.29. The van der Waals surface area contributed by atoms with E-state index in [1.54, 1.807) is 35.1 Å². The lowest BCUT2D eigenvalue weighted by molar-refractivity contribution is -0.117. The Hall–Kier alpha value is -4.07. The number of benzene rings is 2. The molecule has 0 aliphatic heterocycles. The summed E-state index contributed by atoms with van der Waals surface area (Å²) in [6.45, 7) is 7.16. The summed E-state index contributed by atoms with van der Waals surface area (Å²) in [5, 5.41) is 12.4. The highest BCUT2D eigenvalue weighted by atomic mass is 16.2. The molecule has 168 valence electrons. The van der Waals surface area contributed by atoms with Crippen LogP contribution in [0.4, 0.5) is 5.69 Å². The van der Waals surface area contributed by atoms with Crippen LogP contribution in [0.1, 0.15) is 48.3 Å². The van der Waals surface area contributed by atoms with Crippen LogP contribution in [-0.4, -0.2) is 31.3 Å². The maximum atomic E-state index is 13.4. The van der Waals surface area contributed by atoms with Gasteiger partial charge in [-0.05, 0) is 55.7 Å². The third kappa shape index (κ3) is 4.32. The lowest BCUT2D eigenvalue weighted by atomic mass is 10.1. The van der Waals surface area contributed by atoms with E-state index in [-0.39, 0.29) is 18.2 Å². The minimum Gasteiger partial charge on any atom is -0.324 e. The molecule has 0 aliphatic rings. The predicted octanol–water partition coefficient (Wildman–Crippen LogP) is 3.86. The first-order valence-corrected chi connectivity index (χ1v) is 10.7. The molecule has 0 saturated carbocycles. The SMILES string of the molecule is CC(=O)c1ccc(NC(=O)Cn2nc(C(C)C)c3cnn(-c4ccccc4C)c3c2=O)cc1. The third-order valence-corrected chi connectivity index (χ3v) is 5.47. The van der Waals surface area contributed by atoms with Gasteiger partial charge in [-0.3, -0.25) is 14.4 Å². The van der Waals surface area contributed by atoms with Crippen LogP contribution in [0.3, 0.4) is 0 Å². The van der Waals surface area contributed by atoms with Gasteiger partial charge < -0.3 is 5.32 Å². The van der Waals surface area contributed by atoms with Gasteiger partial charge in [0.25, 0.3) is 5.56 Å². The molecule has 0 radical (unpaired) electrons. The number of anilines is 1. The monoisotopic (exact) mass is 443 g/mol. The summed E-state index contributed by atoms with van der Waals surface area (Å²) >= 11 is 0. The topological polar surface area (TPSA) is 98.9 Å². The number of hydrogen-bond acceptors (Lipinski definition) is 5. The Morgan fingerprint density at radius 2 is 1.76 bits per heavy atom. The Kier molecular flexibility index (Phi) is 5.91. The van der Waals surface area contributed by atoms with Gasteiger partial charge in [-0.1, -0.05) is 32.0 Å². The van der Waals surface area contributed by atoms with Crippen LogP contribution in [0.2, 0.25) is 0 Å². The molecule has 0 aliphatic carbocycles. The van der Waals surface area contributed by atoms with E-state index in [1.165, 1.54) is 11.6 Å². The molecule has 8 heteroatoms. The second kappa shape index (κ2) is 8.82. The first-order valence-electron chi connectivity index (χ1n) is 10.7. The molecule has 0 spiro atoms. The van der Waals surface area contributed by atoms with Gasteiger partial charge in [0.15, 0.2) is 5.78 Å². The highest BCUT2D eigenvalue weighted by Crippen LogP contribution is 2.24. The average molecular weight is 444 g/mol. The van der Waals surface area contributed by atoms with Gasteiger partial charge >= 0.3 is 0 Å². The molecule has 0 bridgehead atoms. The number of para-hydroxylation sites is 1. The number of nitrogens with zero attached hydrogens (tertiary/aromatic N) is 4. The van der Waals surface area contributed by atoms with Crippen LogP contribution in [0, 0.1) is 6.92 Å². The number of amides is 1. The summed E-state index contributed by atoms with van der Waals surface area (Å²) < 4.78 is 2.81. The lowest BCUT2D eigenvalue weighted by Crippen LogP contribution is -2.31. The fraction of sp³-hybridized carbons (Fsp3) is 0.240. The maximum Gasteiger partial charge on any atom is 0.293 e. The zero-order chi connectivity index (χ0) is 23.7. The number of Topliss-reactive ketones (excluding diaryl/α,β-unsaturated/α-hetero) is 1. The number of aryl methyl sites for hydroxylation is 1. The van der Waals surface area contributed by atoms with Gasteiger partial charge in [-0.25, -0.2) is 9.36 Å². The molecule has 0 unspecified atom stereocenters. The van der Waals surface area contributed by atoms with Crippen molar-refractivity contribution >= 4 is 28.3 Å². The maximum absolute atomic E-state index is 13.4. The van der Waals surface area contributed by atoms with Crippen molar-refractivity contribution in [3.8, 4) is 5.69 Å². The summed E-state index contributed by atoms with van der Waals surface area (Å²) in [5.41, 5.74) is 3.56. The van der Waals surface area contributed by atoms with Gasteiger partial charge in [0.05, 0.1) is 17.6 Å². The highest BCUT2D eigenvalue weighted by Gasteiger charge is 2.20. The summed E-state index contributed by atoms with van der Waals surface area (Å²) in [6, 6.07) is 14.3. The minimum absolute atomic E-state index is 0.0241. The van der Waals surface area contributed by atoms with E-state index in [0.717, 1.165) is 11.3 Å². The van der Waals surface area contributed by atoms with Crippen LogP contribution >= 0.6 is 0 Å². The molecular formula is C25H25N5O3. The number of hydrogen-bond donors (Lipinski definition) is 1. The Morgan fingerprint density at radius 3 is 2.39 bits per heavy atom. The molecule has 0 saturated heterocycles. The molecule has 2 aromatic carbocycles. The first-order chi connectivity index (χ1) is 15.8. The summed E-state index contributed by atoms with van der Waals surface area (Å²) in [4.78, 5) is 37.6. The number of carbonyl (C=O) groups is 2. The van der Waals surface area contributed by atoms with Crippen molar-refractivity contribution in [2.75, 3.05) is 5.32 Å². The number of aromatic nitrogens is 4. The van der Waals surface area contributed by atoms with Crippen molar-refractivity contribution in [2.24, 2.45) is 0 Å². The number of carbonyl (C=O) groups excluding carboxylic acids is 2. The van der Waals surface area contributed by atoms with Crippen molar-refractivity contribution in [1.82, 2.24) is 19.6 Å². The van der Waals surface area contributed by atoms with Crippen LogP contribution in [0.5, 0.6) is 0 Å². The molecule has 4 rings (SSSR count). The largest absolute Gasteiger partial charge is 0.324 e. The van der Waals surface area contributed by atoms with Crippen LogP contribution < -0.4 is 10.9 Å². The van der Waals surface area contributed by atoms with E-state index in [0.29, 0.717) is 27.8 Å². The Labute approximate surface area is 190 Å². The molecular weight excluding hydrogens is 418 g/mol. The number of rotatable bonds is 6. The van der Waals surface area contributed by atoms with Gasteiger partial charge in [0, 0.05) is 16.6 Å². The number of nitrogens with one attached hydrogen (secondary N) is 1. The number of fused-ring (bicyclic) bond motifs is 1. The molecule has 2 heterocycles. The van der Waals surface area contributed by atoms with Crippen molar-refractivity contribution in [1.29, 1.82) is 0 Å². The minimum atomic E-state index is -0.392. The molecule has 0 atom stereocenters. The van der Waals surface area contributed by atoms with E-state index in [9.17, 15) is 14.4 Å². The molecule has 1 N–H and O–H groups in total. The highest BCUT2D eigenvalue weighted by molar-refractivity contribution is 5.95. The Morgan fingerprint density at radius 1 is 1.06 bits per heavy atom. The van der Waals surface area contributed by atoms with Crippen molar-refractivity contribution in [2.45, 2.75) is 40.2 Å². The lowest BCUT2D eigenvalue weighted by Gasteiger charge is -2.13. The van der Waals surface area contributed by atoms with Gasteiger partial charge in [-0.2, -0.15) is 10.2 Å². The van der Waals surface area contributed by atoms with Crippen LogP contribution in [-0.2, 0) is 11.3 Å². The van der Waals surface area contributed by atoms with E-state index < -0.39 is 11.5 Å². The average Bonchev–Trinajstić information content (AvgIpc) is 3.21. The van der Waals surface area contributed by atoms with E-state index in [4.69, 9.17) is 0 Å². The summed E-state index contributed by atoms with van der Waals surface area (Å²) in [5.74, 6) is -0.421. The van der Waals surface area contributed by atoms with Crippen LogP contribution in [0.15, 0.2) is 59.5 Å². The molecule has 4 aromatic rings. The van der Waals surface area contributed by atoms with E-state index >= 15 is 0 Å². The zero-order valence-electron chi connectivity index (χ0n) is 19.0. The van der Waals surface area contributed by atoms with Crippen molar-refractivity contribution in [3.63, 3.8) is 0 Å². The van der Waals surface area contributed by atoms with Gasteiger partial charge in [-0.15, -0.1) is 0 Å². The molecule has 1 amide bonds. The quantitative estimate of drug-likeness (QED) is 0.456. The first kappa shape index (κ1) is 22.1. The second-order valence-corrected chi connectivity index (χ2v) is 8.29. The fourth-order valence-electron chi connectivity index (χ4n) is 3.74. The molecule has 2 aromatic heterocycles. The normalized spacial score (nSPS) is 11.2. The fourth-order valence-corrected chi connectivity index (χ4v) is 3.74. The molecule has 0 fully saturated rings. The van der Waals surface area contributed by atoms with Gasteiger partial charge in [0.2, 0.25) is 5.91 Å². The van der Waals surface area contributed by atoms with E-state index in [1.807, 2.05) is 45.0 Å². The summed E-state index contributed by atoms with van der Waals surface area (Å²) in [6.07, 6.45) is 1.66. The Balaban J connectivity index is 1.73. The zero-order valence-corrected chi connectivity index (χ0v) is 19.0. The molecule has 33 heavy (non-hydrogen) atoms. The standard InChI is InChI=1S/C25H25N5O3/c1-15(2)23-20-13-26-30(21-8-6-5-7-16(21)3)24(20)25(33)29(28-23)14-22(32)27-19-11-9-18(10-12-19)17(4)31/h5-13,15H,14H2,1-4H3,(H,27,32). The third-order valence-electron chi connectivity index (χ3n) is 5.47. The van der Waals surface area contributed by atoms with Crippen molar-refractivity contribution < 1.29 is 9.59 Å². The van der Waals surface area contributed by atoms with E-state index in [2.05, 4.69) is 15.5 Å².